The van der Waals surface area contributed by atoms with Crippen LogP contribution < -0.4 is 10.6 Å². The quantitative estimate of drug-likeness (QED) is 0.788. The molecule has 0 radical (unpaired) electrons. The molecule has 0 saturated heterocycles. The predicted octanol–water partition coefficient (Wildman–Crippen LogP) is 2.21. The fourth-order valence-corrected chi connectivity index (χ4v) is 2.25. The van der Waals surface area contributed by atoms with Gasteiger partial charge in [0.2, 0.25) is 5.91 Å². The van der Waals surface area contributed by atoms with Crippen LogP contribution in [0.5, 0.6) is 0 Å². The SMILES string of the molecule is Cc1ncc(CNc2ccc3c(c2)CCC(=O)N3)[nH]1. The summed E-state index contributed by atoms with van der Waals surface area (Å²) >= 11 is 0. The van der Waals surface area contributed by atoms with Gasteiger partial charge in [-0.25, -0.2) is 4.98 Å². The molecule has 19 heavy (non-hydrogen) atoms. The van der Waals surface area contributed by atoms with Crippen molar-refractivity contribution in [2.24, 2.45) is 0 Å². The maximum absolute atomic E-state index is 11.3. The van der Waals surface area contributed by atoms with E-state index in [0.29, 0.717) is 13.0 Å². The maximum Gasteiger partial charge on any atom is 0.224 e. The number of nitrogens with one attached hydrogen (secondary N) is 3. The Bertz CT molecular complexity index is 618. The maximum atomic E-state index is 11.3. The highest BCUT2D eigenvalue weighted by Crippen LogP contribution is 2.25. The van der Waals surface area contributed by atoms with Crippen molar-refractivity contribution >= 4 is 17.3 Å². The van der Waals surface area contributed by atoms with Crippen LogP contribution in [0.1, 0.15) is 23.5 Å². The molecular formula is C14H16N4O. The Hall–Kier alpha value is -2.30. The van der Waals surface area contributed by atoms with Crippen LogP contribution in [0.25, 0.3) is 0 Å². The number of nitrogens with zero attached hydrogens (tertiary/aromatic N) is 1. The minimum atomic E-state index is 0.0983. The first-order valence-electron chi connectivity index (χ1n) is 6.38. The molecule has 0 saturated carbocycles. The molecule has 3 rings (SSSR count). The number of hydrogen-bond acceptors (Lipinski definition) is 3. The minimum Gasteiger partial charge on any atom is -0.379 e. The van der Waals surface area contributed by atoms with Gasteiger partial charge in [-0.15, -0.1) is 0 Å². The lowest BCUT2D eigenvalue weighted by molar-refractivity contribution is -0.116. The minimum absolute atomic E-state index is 0.0983. The molecule has 3 N–H and O–H groups in total. The number of hydrogen-bond donors (Lipinski definition) is 3. The first-order chi connectivity index (χ1) is 9.20. The van der Waals surface area contributed by atoms with Crippen LogP contribution in [-0.2, 0) is 17.8 Å². The first-order valence-corrected chi connectivity index (χ1v) is 6.38. The molecule has 2 heterocycles. The Morgan fingerprint density at radius 3 is 3.05 bits per heavy atom. The van der Waals surface area contributed by atoms with E-state index in [1.54, 1.807) is 0 Å². The Balaban J connectivity index is 1.70. The number of fused-ring (bicyclic) bond motifs is 1. The highest BCUT2D eigenvalue weighted by molar-refractivity contribution is 5.94. The van der Waals surface area contributed by atoms with E-state index in [9.17, 15) is 4.79 Å². The molecule has 1 aromatic carbocycles. The standard InChI is InChI=1S/C14H16N4O/c1-9-15-7-12(17-9)8-16-11-3-4-13-10(6-11)2-5-14(19)18-13/h3-4,6-7,16H,2,5,8H2,1H3,(H,15,17)(H,18,19). The van der Waals surface area contributed by atoms with E-state index in [1.165, 1.54) is 5.56 Å². The van der Waals surface area contributed by atoms with Gasteiger partial charge in [0.25, 0.3) is 0 Å². The monoisotopic (exact) mass is 256 g/mol. The fourth-order valence-electron chi connectivity index (χ4n) is 2.25. The molecule has 0 aliphatic carbocycles. The van der Waals surface area contributed by atoms with Crippen LogP contribution in [-0.4, -0.2) is 15.9 Å². The zero-order chi connectivity index (χ0) is 13.2. The Morgan fingerprint density at radius 1 is 1.37 bits per heavy atom. The average molecular weight is 256 g/mol. The summed E-state index contributed by atoms with van der Waals surface area (Å²) in [6, 6.07) is 6.03. The van der Waals surface area contributed by atoms with Gasteiger partial charge in [-0.1, -0.05) is 0 Å². The lowest BCUT2D eigenvalue weighted by atomic mass is 10.0. The van der Waals surface area contributed by atoms with E-state index in [0.717, 1.165) is 29.3 Å². The molecule has 2 aromatic rings. The molecule has 0 unspecified atom stereocenters. The number of aromatic nitrogens is 2. The summed E-state index contributed by atoms with van der Waals surface area (Å²) in [5.41, 5.74) is 4.23. The molecule has 0 atom stereocenters. The summed E-state index contributed by atoms with van der Waals surface area (Å²) in [5, 5.41) is 6.23. The molecule has 1 amide bonds. The van der Waals surface area contributed by atoms with Crippen LogP contribution in [0.4, 0.5) is 11.4 Å². The van der Waals surface area contributed by atoms with Gasteiger partial charge in [0.15, 0.2) is 0 Å². The Labute approximate surface area is 111 Å². The van der Waals surface area contributed by atoms with E-state index >= 15 is 0 Å². The molecule has 1 aromatic heterocycles. The number of aromatic amines is 1. The topological polar surface area (TPSA) is 69.8 Å². The summed E-state index contributed by atoms with van der Waals surface area (Å²) in [6.07, 6.45) is 3.21. The van der Waals surface area contributed by atoms with E-state index in [4.69, 9.17) is 0 Å². The van der Waals surface area contributed by atoms with Gasteiger partial charge >= 0.3 is 0 Å². The van der Waals surface area contributed by atoms with Crippen molar-refractivity contribution in [2.75, 3.05) is 10.6 Å². The number of anilines is 2. The zero-order valence-electron chi connectivity index (χ0n) is 10.8. The number of H-pyrrole nitrogens is 1. The number of carbonyl (C=O) groups is 1. The molecule has 5 heteroatoms. The number of imidazole rings is 1. The van der Waals surface area contributed by atoms with Crippen LogP contribution in [0, 0.1) is 6.92 Å². The van der Waals surface area contributed by atoms with Crippen molar-refractivity contribution in [3.05, 3.63) is 41.5 Å². The van der Waals surface area contributed by atoms with Gasteiger partial charge in [0.05, 0.1) is 18.4 Å². The second-order valence-electron chi connectivity index (χ2n) is 4.77. The number of benzene rings is 1. The van der Waals surface area contributed by atoms with Gasteiger partial charge < -0.3 is 15.6 Å². The second-order valence-corrected chi connectivity index (χ2v) is 4.77. The van der Waals surface area contributed by atoms with Crippen LogP contribution >= 0.6 is 0 Å². The van der Waals surface area contributed by atoms with Crippen molar-refractivity contribution in [1.29, 1.82) is 0 Å². The van der Waals surface area contributed by atoms with Crippen molar-refractivity contribution in [3.8, 4) is 0 Å². The van der Waals surface area contributed by atoms with Gasteiger partial charge in [0.1, 0.15) is 5.82 Å². The normalized spacial score (nSPS) is 13.8. The molecule has 5 nitrogen and oxygen atoms in total. The highest BCUT2D eigenvalue weighted by atomic mass is 16.1. The molecular weight excluding hydrogens is 240 g/mol. The van der Waals surface area contributed by atoms with E-state index in [-0.39, 0.29) is 5.91 Å². The second kappa shape index (κ2) is 4.76. The summed E-state index contributed by atoms with van der Waals surface area (Å²) in [5.74, 6) is 1.02. The highest BCUT2D eigenvalue weighted by Gasteiger charge is 2.14. The molecule has 98 valence electrons. The van der Waals surface area contributed by atoms with Gasteiger partial charge in [0, 0.05) is 17.8 Å². The summed E-state index contributed by atoms with van der Waals surface area (Å²) in [7, 11) is 0. The van der Waals surface area contributed by atoms with E-state index in [1.807, 2.05) is 25.3 Å². The third kappa shape index (κ3) is 2.59. The van der Waals surface area contributed by atoms with Crippen molar-refractivity contribution in [1.82, 2.24) is 9.97 Å². The van der Waals surface area contributed by atoms with Crippen LogP contribution in [0.15, 0.2) is 24.4 Å². The summed E-state index contributed by atoms with van der Waals surface area (Å²) < 4.78 is 0. The van der Waals surface area contributed by atoms with Gasteiger partial charge in [-0.3, -0.25) is 4.79 Å². The number of amides is 1. The number of rotatable bonds is 3. The molecule has 1 aliphatic heterocycles. The van der Waals surface area contributed by atoms with E-state index in [2.05, 4.69) is 26.7 Å². The Morgan fingerprint density at radius 2 is 2.26 bits per heavy atom. The smallest absolute Gasteiger partial charge is 0.224 e. The van der Waals surface area contributed by atoms with Crippen LogP contribution in [0.3, 0.4) is 0 Å². The zero-order valence-corrected chi connectivity index (χ0v) is 10.8. The third-order valence-electron chi connectivity index (χ3n) is 3.24. The van der Waals surface area contributed by atoms with Gasteiger partial charge in [-0.05, 0) is 37.1 Å². The molecule has 1 aliphatic rings. The van der Waals surface area contributed by atoms with Gasteiger partial charge in [-0.2, -0.15) is 0 Å². The number of aryl methyl sites for hydroxylation is 2. The largest absolute Gasteiger partial charge is 0.379 e. The van der Waals surface area contributed by atoms with Crippen molar-refractivity contribution in [2.45, 2.75) is 26.3 Å². The molecule has 0 fully saturated rings. The molecule has 0 spiro atoms. The van der Waals surface area contributed by atoms with E-state index < -0.39 is 0 Å². The average Bonchev–Trinajstić information content (AvgIpc) is 2.82. The fraction of sp³-hybridized carbons (Fsp3) is 0.286. The van der Waals surface area contributed by atoms with Crippen molar-refractivity contribution in [3.63, 3.8) is 0 Å². The molecule has 0 bridgehead atoms. The summed E-state index contributed by atoms with van der Waals surface area (Å²) in [6.45, 7) is 2.65. The van der Waals surface area contributed by atoms with Crippen molar-refractivity contribution < 1.29 is 4.79 Å². The Kier molecular flexibility index (Phi) is 2.95. The predicted molar refractivity (Wildman–Crippen MR) is 74.0 cm³/mol. The van der Waals surface area contributed by atoms with Crippen LogP contribution in [0.2, 0.25) is 0 Å². The lowest BCUT2D eigenvalue weighted by Crippen LogP contribution is -2.18. The lowest BCUT2D eigenvalue weighted by Gasteiger charge is -2.17. The first kappa shape index (κ1) is 11.8. The number of carbonyl (C=O) groups excluding carboxylic acids is 1. The summed E-state index contributed by atoms with van der Waals surface area (Å²) in [4.78, 5) is 18.6. The third-order valence-corrected chi connectivity index (χ3v) is 3.24.